The molecule has 0 saturated heterocycles. The summed E-state index contributed by atoms with van der Waals surface area (Å²) in [5.41, 5.74) is 3.90. The van der Waals surface area contributed by atoms with Crippen molar-refractivity contribution in [3.05, 3.63) is 52.0 Å². The van der Waals surface area contributed by atoms with Crippen molar-refractivity contribution >= 4 is 11.6 Å². The summed E-state index contributed by atoms with van der Waals surface area (Å²) >= 11 is 6.30. The van der Waals surface area contributed by atoms with E-state index >= 15 is 0 Å². The Morgan fingerprint density at radius 2 is 1.78 bits per heavy atom. The van der Waals surface area contributed by atoms with Crippen LogP contribution in [0.3, 0.4) is 0 Å². The molecular formula is C15H12ClNO. The number of hydrogen-bond donors (Lipinski definition) is 1. The number of aryl methyl sites for hydroxylation is 1. The van der Waals surface area contributed by atoms with Gasteiger partial charge in [-0.3, -0.25) is 0 Å². The topological polar surface area (TPSA) is 44.0 Å². The van der Waals surface area contributed by atoms with Crippen LogP contribution in [0.1, 0.15) is 16.7 Å². The van der Waals surface area contributed by atoms with Crippen molar-refractivity contribution in [3.63, 3.8) is 0 Å². The van der Waals surface area contributed by atoms with Crippen molar-refractivity contribution in [2.24, 2.45) is 0 Å². The SMILES string of the molecule is Cc1cc(O)c(C)c(-c2ccc(C#N)cc2)c1Cl. The number of aromatic hydroxyl groups is 1. The first-order chi connectivity index (χ1) is 8.54. The third-order valence-corrected chi connectivity index (χ3v) is 3.47. The minimum Gasteiger partial charge on any atom is -0.508 e. The predicted molar refractivity (Wildman–Crippen MR) is 72.7 cm³/mol. The summed E-state index contributed by atoms with van der Waals surface area (Å²) in [6.45, 7) is 3.68. The van der Waals surface area contributed by atoms with Gasteiger partial charge in [0.1, 0.15) is 5.75 Å². The molecule has 2 aromatic rings. The van der Waals surface area contributed by atoms with Crippen LogP contribution in [0.25, 0.3) is 11.1 Å². The lowest BCUT2D eigenvalue weighted by Gasteiger charge is -2.13. The number of rotatable bonds is 1. The van der Waals surface area contributed by atoms with Gasteiger partial charge in [-0.2, -0.15) is 5.26 Å². The molecule has 0 radical (unpaired) electrons. The van der Waals surface area contributed by atoms with E-state index in [9.17, 15) is 5.11 Å². The summed E-state index contributed by atoms with van der Waals surface area (Å²) in [5, 5.41) is 19.3. The van der Waals surface area contributed by atoms with E-state index in [1.165, 1.54) is 0 Å². The first-order valence-corrected chi connectivity index (χ1v) is 5.91. The number of nitriles is 1. The standard InChI is InChI=1S/C15H12ClNO/c1-9-7-13(18)10(2)14(15(9)16)12-5-3-11(8-17)4-6-12/h3-7,18H,1-2H3. The third kappa shape index (κ3) is 2.05. The van der Waals surface area contributed by atoms with E-state index in [1.54, 1.807) is 18.2 Å². The van der Waals surface area contributed by atoms with E-state index < -0.39 is 0 Å². The lowest BCUT2D eigenvalue weighted by molar-refractivity contribution is 0.471. The summed E-state index contributed by atoms with van der Waals surface area (Å²) in [6, 6.07) is 10.9. The second-order valence-electron chi connectivity index (χ2n) is 4.22. The maximum atomic E-state index is 9.86. The van der Waals surface area contributed by atoms with E-state index in [0.29, 0.717) is 10.6 Å². The number of phenols is 1. The second-order valence-corrected chi connectivity index (χ2v) is 4.59. The molecule has 0 atom stereocenters. The Balaban J connectivity index is 2.67. The molecule has 0 spiro atoms. The smallest absolute Gasteiger partial charge is 0.119 e. The van der Waals surface area contributed by atoms with Crippen LogP contribution in [0.4, 0.5) is 0 Å². The fourth-order valence-corrected chi connectivity index (χ4v) is 2.23. The van der Waals surface area contributed by atoms with Crippen LogP contribution in [0.5, 0.6) is 5.75 Å². The highest BCUT2D eigenvalue weighted by Gasteiger charge is 2.13. The van der Waals surface area contributed by atoms with Crippen LogP contribution in [-0.2, 0) is 0 Å². The van der Waals surface area contributed by atoms with Gasteiger partial charge in [-0.1, -0.05) is 23.7 Å². The molecule has 2 aromatic carbocycles. The van der Waals surface area contributed by atoms with Gasteiger partial charge >= 0.3 is 0 Å². The second kappa shape index (κ2) is 4.72. The minimum atomic E-state index is 0.233. The minimum absolute atomic E-state index is 0.233. The quantitative estimate of drug-likeness (QED) is 0.832. The maximum Gasteiger partial charge on any atom is 0.119 e. The number of benzene rings is 2. The van der Waals surface area contributed by atoms with Crippen LogP contribution in [-0.4, -0.2) is 5.11 Å². The first-order valence-electron chi connectivity index (χ1n) is 5.53. The molecule has 3 heteroatoms. The van der Waals surface area contributed by atoms with E-state index in [-0.39, 0.29) is 5.75 Å². The van der Waals surface area contributed by atoms with Crippen LogP contribution in [0.15, 0.2) is 30.3 Å². The van der Waals surface area contributed by atoms with Gasteiger partial charge in [0.2, 0.25) is 0 Å². The molecule has 0 heterocycles. The number of phenolic OH excluding ortho intramolecular Hbond substituents is 1. The molecule has 2 nitrogen and oxygen atoms in total. The third-order valence-electron chi connectivity index (χ3n) is 2.98. The Hall–Kier alpha value is -1.98. The van der Waals surface area contributed by atoms with Crippen molar-refractivity contribution in [3.8, 4) is 22.9 Å². The van der Waals surface area contributed by atoms with Gasteiger partial charge < -0.3 is 5.11 Å². The molecule has 0 unspecified atom stereocenters. The average Bonchev–Trinajstić information content (AvgIpc) is 2.37. The first kappa shape index (κ1) is 12.5. The lowest BCUT2D eigenvalue weighted by Crippen LogP contribution is -1.89. The molecule has 0 bridgehead atoms. The number of hydrogen-bond acceptors (Lipinski definition) is 2. The summed E-state index contributed by atoms with van der Waals surface area (Å²) in [5.74, 6) is 0.233. The Morgan fingerprint density at radius 3 is 2.33 bits per heavy atom. The Morgan fingerprint density at radius 1 is 1.17 bits per heavy atom. The Labute approximate surface area is 111 Å². The zero-order valence-corrected chi connectivity index (χ0v) is 10.9. The van der Waals surface area contributed by atoms with Crippen LogP contribution < -0.4 is 0 Å². The van der Waals surface area contributed by atoms with Crippen LogP contribution >= 0.6 is 11.6 Å². The molecule has 0 aliphatic carbocycles. The summed E-state index contributed by atoms with van der Waals surface area (Å²) < 4.78 is 0. The van der Waals surface area contributed by atoms with Gasteiger partial charge in [-0.15, -0.1) is 0 Å². The molecule has 1 N–H and O–H groups in total. The van der Waals surface area contributed by atoms with Gasteiger partial charge in [0.25, 0.3) is 0 Å². The van der Waals surface area contributed by atoms with Crippen molar-refractivity contribution in [1.82, 2.24) is 0 Å². The van der Waals surface area contributed by atoms with E-state index in [0.717, 1.165) is 22.3 Å². The van der Waals surface area contributed by atoms with E-state index in [4.69, 9.17) is 16.9 Å². The van der Waals surface area contributed by atoms with Crippen molar-refractivity contribution in [2.75, 3.05) is 0 Å². The Bertz CT molecular complexity index is 613. The fourth-order valence-electron chi connectivity index (χ4n) is 1.92. The van der Waals surface area contributed by atoms with Crippen LogP contribution in [0, 0.1) is 25.2 Å². The van der Waals surface area contributed by atoms with Gasteiger partial charge in [-0.05, 0) is 43.2 Å². The van der Waals surface area contributed by atoms with Gasteiger partial charge in [-0.25, -0.2) is 0 Å². The molecule has 0 amide bonds. The molecular weight excluding hydrogens is 246 g/mol. The highest BCUT2D eigenvalue weighted by atomic mass is 35.5. The maximum absolute atomic E-state index is 9.86. The van der Waals surface area contributed by atoms with Crippen molar-refractivity contribution < 1.29 is 5.11 Å². The molecule has 0 aliphatic heterocycles. The molecule has 0 aromatic heterocycles. The lowest BCUT2D eigenvalue weighted by atomic mass is 9.96. The molecule has 18 heavy (non-hydrogen) atoms. The molecule has 0 saturated carbocycles. The summed E-state index contributed by atoms with van der Waals surface area (Å²) in [6.07, 6.45) is 0. The monoisotopic (exact) mass is 257 g/mol. The molecule has 0 fully saturated rings. The largest absolute Gasteiger partial charge is 0.508 e. The molecule has 2 rings (SSSR count). The summed E-state index contributed by atoms with van der Waals surface area (Å²) in [4.78, 5) is 0. The Kier molecular flexibility index (Phi) is 3.27. The van der Waals surface area contributed by atoms with Gasteiger partial charge in [0, 0.05) is 11.1 Å². The zero-order chi connectivity index (χ0) is 13.3. The predicted octanol–water partition coefficient (Wildman–Crippen LogP) is 4.20. The number of nitrogens with zero attached hydrogens (tertiary/aromatic N) is 1. The highest BCUT2D eigenvalue weighted by molar-refractivity contribution is 6.34. The molecule has 0 aliphatic rings. The van der Waals surface area contributed by atoms with Crippen molar-refractivity contribution in [1.29, 1.82) is 5.26 Å². The normalized spacial score (nSPS) is 10.1. The van der Waals surface area contributed by atoms with Crippen LogP contribution in [0.2, 0.25) is 5.02 Å². The zero-order valence-electron chi connectivity index (χ0n) is 10.2. The fraction of sp³-hybridized carbons (Fsp3) is 0.133. The average molecular weight is 258 g/mol. The van der Waals surface area contributed by atoms with Crippen molar-refractivity contribution in [2.45, 2.75) is 13.8 Å². The van der Waals surface area contributed by atoms with Gasteiger partial charge in [0.15, 0.2) is 0 Å². The molecule has 90 valence electrons. The highest BCUT2D eigenvalue weighted by Crippen LogP contribution is 2.38. The van der Waals surface area contributed by atoms with E-state index in [2.05, 4.69) is 6.07 Å². The number of halogens is 1. The summed E-state index contributed by atoms with van der Waals surface area (Å²) in [7, 11) is 0. The van der Waals surface area contributed by atoms with E-state index in [1.807, 2.05) is 26.0 Å². The van der Waals surface area contributed by atoms with Gasteiger partial charge in [0.05, 0.1) is 16.7 Å².